The molecule has 4 heteroatoms. The van der Waals surface area contributed by atoms with Crippen molar-refractivity contribution in [3.05, 3.63) is 0 Å². The fourth-order valence-electron chi connectivity index (χ4n) is 3.05. The van der Waals surface area contributed by atoms with Crippen LogP contribution < -0.4 is 5.32 Å². The summed E-state index contributed by atoms with van der Waals surface area (Å²) in [6.45, 7) is 3.40. The van der Waals surface area contributed by atoms with E-state index >= 15 is 0 Å². The highest BCUT2D eigenvalue weighted by Gasteiger charge is 2.27. The van der Waals surface area contributed by atoms with Gasteiger partial charge in [-0.15, -0.1) is 0 Å². The molecule has 0 heterocycles. The van der Waals surface area contributed by atoms with Crippen LogP contribution in [0.5, 0.6) is 0 Å². The molecule has 0 aromatic carbocycles. The molecule has 1 aliphatic rings. The summed E-state index contributed by atoms with van der Waals surface area (Å²) in [4.78, 5) is 0. The van der Waals surface area contributed by atoms with Crippen LogP contribution in [-0.4, -0.2) is 34.0 Å². The molecule has 0 bridgehead atoms. The molecule has 3 unspecified atom stereocenters. The average molecular weight is 261 g/mol. The Labute approximate surface area is 106 Å². The van der Waals surface area contributed by atoms with Gasteiger partial charge in [0.1, 0.15) is 9.84 Å². The Morgan fingerprint density at radius 1 is 1.24 bits per heavy atom. The summed E-state index contributed by atoms with van der Waals surface area (Å²) in [6.07, 6.45) is 7.14. The molecule has 1 aliphatic carbocycles. The van der Waals surface area contributed by atoms with E-state index in [9.17, 15) is 8.42 Å². The molecule has 102 valence electrons. The molecule has 0 saturated heterocycles. The Balaban J connectivity index is 2.40. The maximum atomic E-state index is 11.1. The van der Waals surface area contributed by atoms with Crippen LogP contribution in [0.25, 0.3) is 0 Å². The monoisotopic (exact) mass is 261 g/mol. The van der Waals surface area contributed by atoms with E-state index in [-0.39, 0.29) is 0 Å². The van der Waals surface area contributed by atoms with Gasteiger partial charge in [-0.25, -0.2) is 8.42 Å². The van der Waals surface area contributed by atoms with E-state index < -0.39 is 9.84 Å². The lowest BCUT2D eigenvalue weighted by molar-refractivity contribution is 0.176. The first kappa shape index (κ1) is 15.0. The highest BCUT2D eigenvalue weighted by Crippen LogP contribution is 2.36. The Morgan fingerprint density at radius 2 is 1.94 bits per heavy atom. The standard InChI is InChI=1S/C13H27NO2S/c1-11-6-7-13(10-14-2)12(9-11)5-4-8-17(3,15)16/h11-14H,4-10H2,1-3H3. The summed E-state index contributed by atoms with van der Waals surface area (Å²) >= 11 is 0. The van der Waals surface area contributed by atoms with E-state index in [0.29, 0.717) is 11.7 Å². The third-order valence-corrected chi connectivity index (χ3v) is 4.99. The number of nitrogens with one attached hydrogen (secondary N) is 1. The minimum Gasteiger partial charge on any atom is -0.319 e. The van der Waals surface area contributed by atoms with Gasteiger partial charge in [0.25, 0.3) is 0 Å². The second-order valence-corrected chi connectivity index (χ2v) is 8.03. The van der Waals surface area contributed by atoms with Gasteiger partial charge in [0.15, 0.2) is 0 Å². The fraction of sp³-hybridized carbons (Fsp3) is 1.00. The van der Waals surface area contributed by atoms with E-state index in [4.69, 9.17) is 0 Å². The van der Waals surface area contributed by atoms with Gasteiger partial charge in [-0.2, -0.15) is 0 Å². The predicted molar refractivity (Wildman–Crippen MR) is 72.9 cm³/mol. The van der Waals surface area contributed by atoms with Crippen LogP contribution in [0.1, 0.15) is 39.0 Å². The SMILES string of the molecule is CNCC1CCC(C)CC1CCCS(C)(=O)=O. The zero-order chi connectivity index (χ0) is 12.9. The number of hydrogen-bond acceptors (Lipinski definition) is 3. The number of hydrogen-bond donors (Lipinski definition) is 1. The van der Waals surface area contributed by atoms with Crippen molar-refractivity contribution < 1.29 is 8.42 Å². The molecule has 0 aliphatic heterocycles. The second-order valence-electron chi connectivity index (χ2n) is 5.77. The molecular weight excluding hydrogens is 234 g/mol. The molecule has 1 fully saturated rings. The summed E-state index contributed by atoms with van der Waals surface area (Å²) in [5.41, 5.74) is 0. The van der Waals surface area contributed by atoms with E-state index in [0.717, 1.165) is 31.2 Å². The van der Waals surface area contributed by atoms with Gasteiger partial charge in [-0.3, -0.25) is 0 Å². The first-order valence-corrected chi connectivity index (χ1v) is 8.80. The Hall–Kier alpha value is -0.0900. The summed E-state index contributed by atoms with van der Waals surface area (Å²) in [7, 11) is -0.778. The lowest BCUT2D eigenvalue weighted by atomic mass is 9.73. The summed E-state index contributed by atoms with van der Waals surface area (Å²) in [6, 6.07) is 0. The third-order valence-electron chi connectivity index (χ3n) is 3.96. The summed E-state index contributed by atoms with van der Waals surface area (Å²) in [5, 5.41) is 3.27. The largest absolute Gasteiger partial charge is 0.319 e. The van der Waals surface area contributed by atoms with Gasteiger partial charge >= 0.3 is 0 Å². The molecule has 0 radical (unpaired) electrons. The van der Waals surface area contributed by atoms with Crippen molar-refractivity contribution in [2.45, 2.75) is 39.0 Å². The van der Waals surface area contributed by atoms with Crippen LogP contribution in [0.2, 0.25) is 0 Å². The van der Waals surface area contributed by atoms with Crippen LogP contribution >= 0.6 is 0 Å². The molecule has 3 nitrogen and oxygen atoms in total. The van der Waals surface area contributed by atoms with Gasteiger partial charge in [0.2, 0.25) is 0 Å². The molecule has 1 N–H and O–H groups in total. The van der Waals surface area contributed by atoms with Crippen molar-refractivity contribution in [2.24, 2.45) is 17.8 Å². The smallest absolute Gasteiger partial charge is 0.147 e. The lowest BCUT2D eigenvalue weighted by Gasteiger charge is -2.35. The topological polar surface area (TPSA) is 46.2 Å². The van der Waals surface area contributed by atoms with Gasteiger partial charge in [0, 0.05) is 12.0 Å². The first-order chi connectivity index (χ1) is 7.92. The van der Waals surface area contributed by atoms with Crippen LogP contribution in [0.15, 0.2) is 0 Å². The van der Waals surface area contributed by atoms with Gasteiger partial charge in [-0.05, 0) is 57.0 Å². The molecule has 0 amide bonds. The quantitative estimate of drug-likeness (QED) is 0.796. The molecule has 0 aromatic heterocycles. The van der Waals surface area contributed by atoms with Gasteiger partial charge in [-0.1, -0.05) is 13.3 Å². The molecular formula is C13H27NO2S. The Bertz CT molecular complexity index is 313. The van der Waals surface area contributed by atoms with Crippen LogP contribution in [0, 0.1) is 17.8 Å². The van der Waals surface area contributed by atoms with Crippen LogP contribution in [0.3, 0.4) is 0 Å². The minimum atomic E-state index is -2.78. The Morgan fingerprint density at radius 3 is 2.53 bits per heavy atom. The van der Waals surface area contributed by atoms with Crippen molar-refractivity contribution >= 4 is 9.84 Å². The zero-order valence-corrected chi connectivity index (χ0v) is 12.2. The summed E-state index contributed by atoms with van der Waals surface area (Å²) < 4.78 is 22.3. The van der Waals surface area contributed by atoms with Crippen LogP contribution in [0.4, 0.5) is 0 Å². The molecule has 0 aromatic rings. The number of sulfone groups is 1. The summed E-state index contributed by atoms with van der Waals surface area (Å²) in [5.74, 6) is 2.62. The van der Waals surface area contributed by atoms with E-state index in [1.165, 1.54) is 25.5 Å². The predicted octanol–water partition coefficient (Wildman–Crippen LogP) is 2.08. The molecule has 1 rings (SSSR count). The first-order valence-electron chi connectivity index (χ1n) is 6.74. The second kappa shape index (κ2) is 6.74. The molecule has 0 spiro atoms. The average Bonchev–Trinajstić information content (AvgIpc) is 2.20. The fourth-order valence-corrected chi connectivity index (χ4v) is 3.74. The minimum absolute atomic E-state index is 0.351. The van der Waals surface area contributed by atoms with Crippen molar-refractivity contribution in [3.8, 4) is 0 Å². The molecule has 17 heavy (non-hydrogen) atoms. The van der Waals surface area contributed by atoms with Gasteiger partial charge in [0.05, 0.1) is 0 Å². The molecule has 3 atom stereocenters. The Kier molecular flexibility index (Phi) is 5.93. The van der Waals surface area contributed by atoms with Crippen molar-refractivity contribution in [2.75, 3.05) is 25.6 Å². The maximum absolute atomic E-state index is 11.1. The highest BCUT2D eigenvalue weighted by molar-refractivity contribution is 7.90. The maximum Gasteiger partial charge on any atom is 0.147 e. The van der Waals surface area contributed by atoms with Gasteiger partial charge < -0.3 is 5.32 Å². The normalized spacial score (nSPS) is 30.4. The zero-order valence-electron chi connectivity index (χ0n) is 11.4. The molecule has 1 saturated carbocycles. The third kappa shape index (κ3) is 5.87. The number of rotatable bonds is 6. The van der Waals surface area contributed by atoms with Crippen molar-refractivity contribution in [1.29, 1.82) is 0 Å². The van der Waals surface area contributed by atoms with E-state index in [1.54, 1.807) is 0 Å². The lowest BCUT2D eigenvalue weighted by Crippen LogP contribution is -2.31. The van der Waals surface area contributed by atoms with Crippen molar-refractivity contribution in [3.63, 3.8) is 0 Å². The van der Waals surface area contributed by atoms with E-state index in [1.807, 2.05) is 7.05 Å². The van der Waals surface area contributed by atoms with E-state index in [2.05, 4.69) is 12.2 Å². The highest BCUT2D eigenvalue weighted by atomic mass is 32.2. The van der Waals surface area contributed by atoms with Crippen molar-refractivity contribution in [1.82, 2.24) is 5.32 Å². The van der Waals surface area contributed by atoms with Crippen LogP contribution in [-0.2, 0) is 9.84 Å².